The van der Waals surface area contributed by atoms with E-state index in [1.807, 2.05) is 19.1 Å². The molecule has 0 aliphatic carbocycles. The molecule has 18 heavy (non-hydrogen) atoms. The third-order valence-corrected chi connectivity index (χ3v) is 4.89. The zero-order valence-corrected chi connectivity index (χ0v) is 13.1. The summed E-state index contributed by atoms with van der Waals surface area (Å²) < 4.78 is 1.13. The largest absolute Gasteiger partial charge is 0.271 e. The van der Waals surface area contributed by atoms with Crippen LogP contribution in [-0.2, 0) is 6.42 Å². The van der Waals surface area contributed by atoms with Gasteiger partial charge in [0.2, 0.25) is 0 Å². The van der Waals surface area contributed by atoms with Gasteiger partial charge in [0.15, 0.2) is 0 Å². The lowest BCUT2D eigenvalue weighted by Crippen LogP contribution is -2.29. The van der Waals surface area contributed by atoms with Crippen LogP contribution in [0, 0.1) is 6.92 Å². The van der Waals surface area contributed by atoms with Crippen molar-refractivity contribution in [2.24, 2.45) is 5.84 Å². The van der Waals surface area contributed by atoms with Crippen LogP contribution in [0.2, 0.25) is 5.02 Å². The smallest absolute Gasteiger partial charge is 0.0701 e. The maximum absolute atomic E-state index is 6.15. The van der Waals surface area contributed by atoms with E-state index in [9.17, 15) is 0 Å². The van der Waals surface area contributed by atoms with E-state index in [4.69, 9.17) is 17.4 Å². The van der Waals surface area contributed by atoms with E-state index in [1.54, 1.807) is 11.3 Å². The van der Waals surface area contributed by atoms with Crippen molar-refractivity contribution in [3.8, 4) is 0 Å². The highest BCUT2D eigenvalue weighted by Gasteiger charge is 2.12. The van der Waals surface area contributed by atoms with Gasteiger partial charge >= 0.3 is 0 Å². The summed E-state index contributed by atoms with van der Waals surface area (Å²) in [5, 5.41) is 0.778. The van der Waals surface area contributed by atoms with Gasteiger partial charge in [-0.05, 0) is 52.2 Å². The number of rotatable bonds is 4. The highest BCUT2D eigenvalue weighted by atomic mass is 79.9. The lowest BCUT2D eigenvalue weighted by molar-refractivity contribution is 0.555. The molecule has 0 aliphatic heterocycles. The maximum atomic E-state index is 6.15. The quantitative estimate of drug-likeness (QED) is 0.643. The Bertz CT molecular complexity index is 542. The molecule has 1 aromatic heterocycles. The molecule has 1 aromatic carbocycles. The van der Waals surface area contributed by atoms with E-state index in [1.165, 1.54) is 4.88 Å². The van der Waals surface area contributed by atoms with Crippen molar-refractivity contribution >= 4 is 38.9 Å². The normalized spacial score (nSPS) is 12.7. The van der Waals surface area contributed by atoms with Gasteiger partial charge in [0.25, 0.3) is 0 Å². The molecular formula is C13H14BrClN2S. The molecule has 0 spiro atoms. The van der Waals surface area contributed by atoms with E-state index in [0.717, 1.165) is 26.4 Å². The van der Waals surface area contributed by atoms with Gasteiger partial charge in [-0.1, -0.05) is 23.7 Å². The Morgan fingerprint density at radius 3 is 2.72 bits per heavy atom. The first-order valence-corrected chi connectivity index (χ1v) is 7.55. The van der Waals surface area contributed by atoms with Crippen molar-refractivity contribution in [1.29, 1.82) is 0 Å². The Morgan fingerprint density at radius 1 is 1.39 bits per heavy atom. The van der Waals surface area contributed by atoms with Gasteiger partial charge < -0.3 is 0 Å². The monoisotopic (exact) mass is 344 g/mol. The minimum Gasteiger partial charge on any atom is -0.271 e. The number of nitrogens with two attached hydrogens (primary N) is 1. The number of hydrogen-bond acceptors (Lipinski definition) is 3. The first kappa shape index (κ1) is 14.0. The van der Waals surface area contributed by atoms with Crippen LogP contribution in [0.5, 0.6) is 0 Å². The topological polar surface area (TPSA) is 38.0 Å². The van der Waals surface area contributed by atoms with Crippen molar-refractivity contribution in [3.63, 3.8) is 0 Å². The van der Waals surface area contributed by atoms with Gasteiger partial charge in [0, 0.05) is 16.3 Å². The Balaban J connectivity index is 2.19. The molecular weight excluding hydrogens is 332 g/mol. The second-order valence-electron chi connectivity index (χ2n) is 4.14. The first-order valence-electron chi connectivity index (χ1n) is 5.56. The lowest BCUT2D eigenvalue weighted by Gasteiger charge is -2.16. The minimum absolute atomic E-state index is 0.0775. The fraction of sp³-hybridized carbons (Fsp3) is 0.231. The zero-order chi connectivity index (χ0) is 13.1. The van der Waals surface area contributed by atoms with Crippen LogP contribution < -0.4 is 11.3 Å². The summed E-state index contributed by atoms with van der Waals surface area (Å²) in [5.74, 6) is 5.65. The summed E-state index contributed by atoms with van der Waals surface area (Å²) in [6.45, 7) is 1.99. The van der Waals surface area contributed by atoms with Crippen LogP contribution in [0.25, 0.3) is 0 Å². The molecule has 0 amide bonds. The van der Waals surface area contributed by atoms with E-state index in [2.05, 4.69) is 39.6 Å². The molecule has 1 unspecified atom stereocenters. The third kappa shape index (κ3) is 3.33. The molecule has 2 aromatic rings. The number of aryl methyl sites for hydroxylation is 1. The molecule has 1 heterocycles. The van der Waals surface area contributed by atoms with Crippen LogP contribution in [0.4, 0.5) is 0 Å². The zero-order valence-electron chi connectivity index (χ0n) is 9.91. The van der Waals surface area contributed by atoms with E-state index in [0.29, 0.717) is 0 Å². The van der Waals surface area contributed by atoms with E-state index < -0.39 is 0 Å². The second-order valence-corrected chi connectivity index (χ2v) is 7.09. The molecule has 0 radical (unpaired) electrons. The van der Waals surface area contributed by atoms with Crippen LogP contribution >= 0.6 is 38.9 Å². The van der Waals surface area contributed by atoms with Crippen molar-refractivity contribution in [3.05, 3.63) is 55.1 Å². The van der Waals surface area contributed by atoms with Gasteiger partial charge in [0.1, 0.15) is 0 Å². The third-order valence-electron chi connectivity index (χ3n) is 2.83. The average Bonchev–Trinajstić information content (AvgIpc) is 2.75. The Morgan fingerprint density at radius 2 is 2.17 bits per heavy atom. The number of hydrogen-bond donors (Lipinski definition) is 2. The van der Waals surface area contributed by atoms with Crippen molar-refractivity contribution in [2.45, 2.75) is 19.4 Å². The first-order chi connectivity index (χ1) is 8.60. The number of nitrogens with one attached hydrogen (secondary N) is 1. The highest BCUT2D eigenvalue weighted by Crippen LogP contribution is 2.28. The summed E-state index contributed by atoms with van der Waals surface area (Å²) in [7, 11) is 0. The van der Waals surface area contributed by atoms with Crippen LogP contribution in [-0.4, -0.2) is 0 Å². The summed E-state index contributed by atoms with van der Waals surface area (Å²) in [6, 6.07) is 10.3. The molecule has 96 valence electrons. The van der Waals surface area contributed by atoms with Crippen molar-refractivity contribution in [2.75, 3.05) is 0 Å². The average molecular weight is 346 g/mol. The predicted molar refractivity (Wildman–Crippen MR) is 82.0 cm³/mol. The van der Waals surface area contributed by atoms with Gasteiger partial charge in [-0.3, -0.25) is 11.3 Å². The fourth-order valence-electron chi connectivity index (χ4n) is 1.76. The number of halogens is 2. The molecule has 1 atom stereocenters. The summed E-state index contributed by atoms with van der Waals surface area (Å²) in [6.07, 6.45) is 0.853. The minimum atomic E-state index is 0.0775. The van der Waals surface area contributed by atoms with Crippen molar-refractivity contribution in [1.82, 2.24) is 5.43 Å². The van der Waals surface area contributed by atoms with Gasteiger partial charge in [-0.15, -0.1) is 11.3 Å². The van der Waals surface area contributed by atoms with Gasteiger partial charge in [0.05, 0.1) is 9.83 Å². The standard InChI is InChI=1S/C13H14BrClN2S/c1-8-2-3-9(6-11(8)15)12(17-16)7-10-4-5-13(14)18-10/h2-6,12,17H,7,16H2,1H3. The molecule has 5 heteroatoms. The summed E-state index contributed by atoms with van der Waals surface area (Å²) in [5.41, 5.74) is 5.04. The van der Waals surface area contributed by atoms with Gasteiger partial charge in [-0.25, -0.2) is 0 Å². The number of thiophene rings is 1. The number of hydrazine groups is 1. The second kappa shape index (κ2) is 6.17. The van der Waals surface area contributed by atoms with Crippen LogP contribution in [0.1, 0.15) is 22.0 Å². The molecule has 2 nitrogen and oxygen atoms in total. The lowest BCUT2D eigenvalue weighted by atomic mass is 10.0. The van der Waals surface area contributed by atoms with E-state index >= 15 is 0 Å². The molecule has 0 fully saturated rings. The molecule has 0 aliphatic rings. The Kier molecular flexibility index (Phi) is 4.81. The molecule has 0 saturated heterocycles. The summed E-state index contributed by atoms with van der Waals surface area (Å²) in [4.78, 5) is 1.28. The molecule has 0 saturated carbocycles. The maximum Gasteiger partial charge on any atom is 0.0701 e. The Labute approximate surface area is 124 Å². The Hall–Kier alpha value is -0.390. The molecule has 2 rings (SSSR count). The van der Waals surface area contributed by atoms with Crippen molar-refractivity contribution < 1.29 is 0 Å². The molecule has 3 N–H and O–H groups in total. The van der Waals surface area contributed by atoms with E-state index in [-0.39, 0.29) is 6.04 Å². The van der Waals surface area contributed by atoms with Crippen LogP contribution in [0.15, 0.2) is 34.1 Å². The number of benzene rings is 1. The SMILES string of the molecule is Cc1ccc(C(Cc2ccc(Br)s2)NN)cc1Cl. The summed E-state index contributed by atoms with van der Waals surface area (Å²) >= 11 is 11.3. The molecule has 0 bridgehead atoms. The van der Waals surface area contributed by atoms with Crippen LogP contribution in [0.3, 0.4) is 0 Å². The van der Waals surface area contributed by atoms with Gasteiger partial charge in [-0.2, -0.15) is 0 Å². The fourth-order valence-corrected chi connectivity index (χ4v) is 3.48. The highest BCUT2D eigenvalue weighted by molar-refractivity contribution is 9.11. The predicted octanol–water partition coefficient (Wildman–Crippen LogP) is 4.22.